The topological polar surface area (TPSA) is 94.0 Å². The van der Waals surface area contributed by atoms with Gasteiger partial charge in [-0.1, -0.05) is 11.3 Å². The number of aromatic carboxylic acids is 1. The molecule has 90 valence electrons. The highest BCUT2D eigenvalue weighted by atomic mass is 32.1. The quantitative estimate of drug-likeness (QED) is 0.818. The highest BCUT2D eigenvalue weighted by molar-refractivity contribution is 7.09. The number of hydrogen-bond donors (Lipinski definition) is 2. The number of rotatable bonds is 5. The van der Waals surface area contributed by atoms with E-state index in [2.05, 4.69) is 10.3 Å². The van der Waals surface area contributed by atoms with Crippen molar-refractivity contribution in [3.8, 4) is 0 Å². The first-order valence-electron chi connectivity index (χ1n) is 5.10. The van der Waals surface area contributed by atoms with Crippen molar-refractivity contribution in [2.45, 2.75) is 19.5 Å². The number of hydrogen-bond acceptors (Lipinski definition) is 5. The van der Waals surface area contributed by atoms with Crippen LogP contribution < -0.4 is 5.73 Å². The molecule has 2 aromatic rings. The first-order chi connectivity index (χ1) is 8.22. The van der Waals surface area contributed by atoms with Crippen LogP contribution in [0.5, 0.6) is 0 Å². The molecule has 6 nitrogen and oxygen atoms in total. The van der Waals surface area contributed by atoms with Gasteiger partial charge < -0.3 is 10.8 Å². The largest absolute Gasteiger partial charge is 0.476 e. The van der Waals surface area contributed by atoms with E-state index in [0.29, 0.717) is 12.2 Å². The second-order valence-corrected chi connectivity index (χ2v) is 4.48. The Labute approximate surface area is 102 Å². The number of carbonyl (C=O) groups is 1. The van der Waals surface area contributed by atoms with Crippen LogP contribution in [-0.2, 0) is 19.5 Å². The summed E-state index contributed by atoms with van der Waals surface area (Å²) in [6.07, 6.45) is 0.799. The molecule has 0 saturated carbocycles. The Morgan fingerprint density at radius 3 is 3.00 bits per heavy atom. The molecule has 0 amide bonds. The second kappa shape index (κ2) is 5.07. The predicted octanol–water partition coefficient (Wildman–Crippen LogP) is 0.739. The lowest BCUT2D eigenvalue weighted by Gasteiger charge is -2.03. The first-order valence-corrected chi connectivity index (χ1v) is 5.98. The van der Waals surface area contributed by atoms with E-state index in [0.717, 1.165) is 6.42 Å². The lowest BCUT2D eigenvalue weighted by atomic mass is 10.3. The molecule has 0 aliphatic rings. The van der Waals surface area contributed by atoms with Crippen molar-refractivity contribution in [3.63, 3.8) is 0 Å². The van der Waals surface area contributed by atoms with Crippen LogP contribution in [0, 0.1) is 0 Å². The molecule has 0 spiro atoms. The van der Waals surface area contributed by atoms with Crippen LogP contribution in [0.15, 0.2) is 17.5 Å². The van der Waals surface area contributed by atoms with Crippen LogP contribution in [0.3, 0.4) is 0 Å². The fourth-order valence-electron chi connectivity index (χ4n) is 1.55. The van der Waals surface area contributed by atoms with Gasteiger partial charge in [-0.15, -0.1) is 16.4 Å². The Kier molecular flexibility index (Phi) is 3.50. The minimum Gasteiger partial charge on any atom is -0.476 e. The Bertz CT molecular complexity index is 506. The zero-order valence-electron chi connectivity index (χ0n) is 9.04. The summed E-state index contributed by atoms with van der Waals surface area (Å²) in [4.78, 5) is 12.1. The van der Waals surface area contributed by atoms with E-state index in [4.69, 9.17) is 10.8 Å². The Hall–Kier alpha value is -1.73. The highest BCUT2D eigenvalue weighted by Crippen LogP contribution is 2.11. The van der Waals surface area contributed by atoms with E-state index in [1.807, 2.05) is 17.5 Å². The molecule has 0 atom stereocenters. The zero-order valence-corrected chi connectivity index (χ0v) is 9.85. The summed E-state index contributed by atoms with van der Waals surface area (Å²) in [5.41, 5.74) is 5.93. The number of nitrogens with zero attached hydrogens (tertiary/aromatic N) is 3. The van der Waals surface area contributed by atoms with E-state index in [1.165, 1.54) is 4.88 Å². The fraction of sp³-hybridized carbons (Fsp3) is 0.300. The van der Waals surface area contributed by atoms with Crippen LogP contribution in [0.25, 0.3) is 0 Å². The molecule has 0 aromatic carbocycles. The molecule has 0 bridgehead atoms. The summed E-state index contributed by atoms with van der Waals surface area (Å²) in [5.74, 6) is -1.09. The van der Waals surface area contributed by atoms with Crippen molar-refractivity contribution in [2.24, 2.45) is 5.73 Å². The number of carboxylic acids is 1. The van der Waals surface area contributed by atoms with Crippen molar-refractivity contribution < 1.29 is 9.90 Å². The third-order valence-corrected chi connectivity index (χ3v) is 3.32. The van der Waals surface area contributed by atoms with Gasteiger partial charge in [0.2, 0.25) is 0 Å². The lowest BCUT2D eigenvalue weighted by Crippen LogP contribution is -2.13. The van der Waals surface area contributed by atoms with Crippen LogP contribution >= 0.6 is 11.3 Å². The third kappa shape index (κ3) is 2.51. The number of aryl methyl sites for hydroxylation is 2. The lowest BCUT2D eigenvalue weighted by molar-refractivity contribution is 0.0689. The molecule has 0 fully saturated rings. The number of aromatic nitrogens is 3. The molecule has 0 unspecified atom stereocenters. The van der Waals surface area contributed by atoms with Gasteiger partial charge in [0, 0.05) is 24.4 Å². The molecular weight excluding hydrogens is 240 g/mol. The Morgan fingerprint density at radius 2 is 2.41 bits per heavy atom. The second-order valence-electron chi connectivity index (χ2n) is 3.45. The van der Waals surface area contributed by atoms with Gasteiger partial charge in [-0.05, 0) is 11.4 Å². The van der Waals surface area contributed by atoms with E-state index < -0.39 is 5.97 Å². The third-order valence-electron chi connectivity index (χ3n) is 2.38. The van der Waals surface area contributed by atoms with Gasteiger partial charge in [0.1, 0.15) is 0 Å². The monoisotopic (exact) mass is 252 g/mol. The van der Waals surface area contributed by atoms with Gasteiger partial charge in [0.05, 0.1) is 5.69 Å². The molecule has 0 saturated heterocycles. The molecule has 17 heavy (non-hydrogen) atoms. The van der Waals surface area contributed by atoms with Crippen molar-refractivity contribution in [2.75, 3.05) is 0 Å². The van der Waals surface area contributed by atoms with Gasteiger partial charge in [0.15, 0.2) is 5.69 Å². The number of thiophene rings is 1. The number of carboxylic acid groups (broad SMARTS) is 1. The Morgan fingerprint density at radius 1 is 1.59 bits per heavy atom. The standard InChI is InChI=1S/C10H12N4O2S/c11-6-8-9(10(15)16)12-13-14(8)4-3-7-2-1-5-17-7/h1-2,5H,3-4,6,11H2,(H,15,16). The molecule has 0 radical (unpaired) electrons. The summed E-state index contributed by atoms with van der Waals surface area (Å²) in [6.45, 7) is 0.715. The molecule has 2 heterocycles. The SMILES string of the molecule is NCc1c(C(=O)O)nnn1CCc1cccs1. The first kappa shape index (κ1) is 11.7. The highest BCUT2D eigenvalue weighted by Gasteiger charge is 2.17. The predicted molar refractivity (Wildman–Crippen MR) is 62.9 cm³/mol. The normalized spacial score (nSPS) is 10.6. The van der Waals surface area contributed by atoms with Gasteiger partial charge in [0.25, 0.3) is 0 Å². The minimum absolute atomic E-state index is 0.0568. The Balaban J connectivity index is 2.13. The van der Waals surface area contributed by atoms with Crippen molar-refractivity contribution in [3.05, 3.63) is 33.8 Å². The van der Waals surface area contributed by atoms with Crippen LogP contribution in [0.4, 0.5) is 0 Å². The zero-order chi connectivity index (χ0) is 12.3. The van der Waals surface area contributed by atoms with Crippen molar-refractivity contribution in [1.29, 1.82) is 0 Å². The van der Waals surface area contributed by atoms with Crippen LogP contribution in [-0.4, -0.2) is 26.1 Å². The average Bonchev–Trinajstić information content (AvgIpc) is 2.95. The van der Waals surface area contributed by atoms with Gasteiger partial charge in [-0.2, -0.15) is 0 Å². The van der Waals surface area contributed by atoms with Crippen LogP contribution in [0.1, 0.15) is 21.1 Å². The molecule has 0 aliphatic carbocycles. The summed E-state index contributed by atoms with van der Waals surface area (Å²) in [5, 5.41) is 18.3. The molecular formula is C10H12N4O2S. The summed E-state index contributed by atoms with van der Waals surface area (Å²) in [7, 11) is 0. The summed E-state index contributed by atoms with van der Waals surface area (Å²) >= 11 is 1.66. The molecule has 7 heteroatoms. The van der Waals surface area contributed by atoms with Crippen molar-refractivity contribution >= 4 is 17.3 Å². The molecule has 2 rings (SSSR count). The smallest absolute Gasteiger partial charge is 0.358 e. The maximum atomic E-state index is 10.9. The maximum Gasteiger partial charge on any atom is 0.358 e. The van der Waals surface area contributed by atoms with E-state index in [1.54, 1.807) is 16.0 Å². The fourth-order valence-corrected chi connectivity index (χ4v) is 2.25. The van der Waals surface area contributed by atoms with Gasteiger partial charge in [-0.25, -0.2) is 9.48 Å². The minimum atomic E-state index is -1.09. The van der Waals surface area contributed by atoms with Gasteiger partial charge in [-0.3, -0.25) is 0 Å². The number of nitrogens with two attached hydrogens (primary N) is 1. The van der Waals surface area contributed by atoms with Gasteiger partial charge >= 0.3 is 5.97 Å². The molecule has 3 N–H and O–H groups in total. The van der Waals surface area contributed by atoms with Crippen LogP contribution in [0.2, 0.25) is 0 Å². The summed E-state index contributed by atoms with van der Waals surface area (Å²) in [6, 6.07) is 4.01. The van der Waals surface area contributed by atoms with E-state index in [9.17, 15) is 4.79 Å². The van der Waals surface area contributed by atoms with E-state index >= 15 is 0 Å². The average molecular weight is 252 g/mol. The maximum absolute atomic E-state index is 10.9. The van der Waals surface area contributed by atoms with E-state index in [-0.39, 0.29) is 12.2 Å². The molecule has 2 aromatic heterocycles. The van der Waals surface area contributed by atoms with Crippen molar-refractivity contribution in [1.82, 2.24) is 15.0 Å². The summed E-state index contributed by atoms with van der Waals surface area (Å²) < 4.78 is 1.56. The molecule has 0 aliphatic heterocycles.